The molecule has 33 heavy (non-hydrogen) atoms. The van der Waals surface area contributed by atoms with E-state index < -0.39 is 0 Å². The Balaban J connectivity index is 0.000000569. The monoisotopic (exact) mass is 460 g/mol. The van der Waals surface area contributed by atoms with Gasteiger partial charge in [-0.1, -0.05) is 40.5 Å². The molecule has 4 fully saturated rings. The molecule has 0 radical (unpaired) electrons. The van der Waals surface area contributed by atoms with E-state index >= 15 is 0 Å². The molecule has 1 heterocycles. The first kappa shape index (κ1) is 26.2. The molecular formula is C28H48N2O3. The third kappa shape index (κ3) is 5.17. The molecule has 0 aromatic carbocycles. The number of rotatable bonds is 4. The summed E-state index contributed by atoms with van der Waals surface area (Å²) in [7, 11) is 0. The summed E-state index contributed by atoms with van der Waals surface area (Å²) in [6.45, 7) is 11.0. The van der Waals surface area contributed by atoms with Crippen LogP contribution in [-0.2, 0) is 11.2 Å². The number of hydrogen-bond acceptors (Lipinski definition) is 4. The summed E-state index contributed by atoms with van der Waals surface area (Å²) < 4.78 is 5.59. The molecule has 0 spiro atoms. The fraction of sp³-hybridized carbons (Fsp3) is 0.893. The van der Waals surface area contributed by atoms with E-state index in [1.54, 1.807) is 6.42 Å². The summed E-state index contributed by atoms with van der Waals surface area (Å²) in [5, 5.41) is 15.1. The van der Waals surface area contributed by atoms with E-state index in [-0.39, 0.29) is 6.47 Å². The van der Waals surface area contributed by atoms with Crippen molar-refractivity contribution < 1.29 is 14.3 Å². The number of hydrogen-bond donors (Lipinski definition) is 1. The van der Waals surface area contributed by atoms with Gasteiger partial charge in [0.1, 0.15) is 0 Å². The number of carbonyl (C=O) groups is 1. The third-order valence-corrected chi connectivity index (χ3v) is 10.3. The number of nitrogens with zero attached hydrogens (tertiary/aromatic N) is 2. The highest BCUT2D eigenvalue weighted by molar-refractivity contribution is 5.32. The van der Waals surface area contributed by atoms with Crippen LogP contribution < -0.4 is 0 Å². The van der Waals surface area contributed by atoms with Crippen molar-refractivity contribution in [3.8, 4) is 0 Å². The zero-order valence-electron chi connectivity index (χ0n) is 21.8. The maximum absolute atomic E-state index is 8.36. The summed E-state index contributed by atoms with van der Waals surface area (Å²) in [6.07, 6.45) is 18.6. The second-order valence-electron chi connectivity index (χ2n) is 11.4. The fourth-order valence-corrected chi connectivity index (χ4v) is 8.82. The molecule has 1 aromatic heterocycles. The van der Waals surface area contributed by atoms with Gasteiger partial charge in [-0.05, 0) is 105 Å². The predicted octanol–water partition coefficient (Wildman–Crippen LogP) is 7.48. The number of carboxylic acid groups (broad SMARTS) is 1. The van der Waals surface area contributed by atoms with Crippen LogP contribution in [0.25, 0.3) is 0 Å². The normalized spacial score (nSPS) is 39.0. The van der Waals surface area contributed by atoms with Gasteiger partial charge in [-0.2, -0.15) is 0 Å². The van der Waals surface area contributed by atoms with Gasteiger partial charge in [-0.15, -0.1) is 10.2 Å². The van der Waals surface area contributed by atoms with Gasteiger partial charge >= 0.3 is 0 Å². The smallest absolute Gasteiger partial charge is 0.290 e. The molecular weight excluding hydrogens is 412 g/mol. The van der Waals surface area contributed by atoms with Gasteiger partial charge in [0.25, 0.3) is 6.47 Å². The molecule has 0 aliphatic heterocycles. The Morgan fingerprint density at radius 3 is 2.39 bits per heavy atom. The van der Waals surface area contributed by atoms with Crippen LogP contribution in [0.4, 0.5) is 0 Å². The molecule has 7 atom stereocenters. The van der Waals surface area contributed by atoms with Gasteiger partial charge in [0.2, 0.25) is 11.8 Å². The van der Waals surface area contributed by atoms with E-state index in [2.05, 4.69) is 24.0 Å². The molecule has 0 saturated heterocycles. The van der Waals surface area contributed by atoms with E-state index in [1.165, 1.54) is 70.6 Å². The van der Waals surface area contributed by atoms with Crippen molar-refractivity contribution in [3.63, 3.8) is 0 Å². The van der Waals surface area contributed by atoms with Crippen molar-refractivity contribution in [2.75, 3.05) is 0 Å². The summed E-state index contributed by atoms with van der Waals surface area (Å²) in [6, 6.07) is 0. The second kappa shape index (κ2) is 11.4. The molecule has 4 aliphatic rings. The van der Waals surface area contributed by atoms with E-state index in [0.717, 1.165) is 41.9 Å². The van der Waals surface area contributed by atoms with Crippen LogP contribution in [0.3, 0.4) is 0 Å². The number of fused-ring (bicyclic) bond motifs is 5. The Hall–Kier alpha value is -1.39. The lowest BCUT2D eigenvalue weighted by Crippen LogP contribution is -2.52. The zero-order valence-corrected chi connectivity index (χ0v) is 21.8. The van der Waals surface area contributed by atoms with Gasteiger partial charge in [0.15, 0.2) is 0 Å². The Morgan fingerprint density at radius 2 is 1.70 bits per heavy atom. The van der Waals surface area contributed by atoms with Crippen molar-refractivity contribution in [2.24, 2.45) is 40.4 Å². The average Bonchev–Trinajstić information content (AvgIpc) is 3.38. The van der Waals surface area contributed by atoms with Crippen LogP contribution in [0.15, 0.2) is 4.42 Å². The fourth-order valence-electron chi connectivity index (χ4n) is 8.82. The van der Waals surface area contributed by atoms with E-state index in [1.807, 2.05) is 20.8 Å². The molecule has 188 valence electrons. The largest absolute Gasteiger partial charge is 0.483 e. The van der Waals surface area contributed by atoms with Crippen molar-refractivity contribution in [2.45, 2.75) is 118 Å². The third-order valence-electron chi connectivity index (χ3n) is 10.3. The summed E-state index contributed by atoms with van der Waals surface area (Å²) in [5.41, 5.74) is 1.28. The topological polar surface area (TPSA) is 76.2 Å². The maximum Gasteiger partial charge on any atom is 0.290 e. The average molecular weight is 461 g/mol. The zero-order chi connectivity index (χ0) is 24.1. The summed E-state index contributed by atoms with van der Waals surface area (Å²) in [4.78, 5) is 8.36. The van der Waals surface area contributed by atoms with Crippen LogP contribution in [-0.4, -0.2) is 21.8 Å². The molecule has 0 bridgehead atoms. The lowest BCUT2D eigenvalue weighted by molar-refractivity contribution is -0.122. The molecule has 1 aromatic rings. The molecule has 0 amide bonds. The minimum atomic E-state index is -0.250. The van der Waals surface area contributed by atoms with Crippen LogP contribution in [0.1, 0.15) is 117 Å². The molecule has 5 rings (SSSR count). The SMILES string of the molecule is CC.Cc1nnc(CCCC2CCC3C4CCC5CCCCC5(C)C4CCC23C)o1.O=CO. The quantitative estimate of drug-likeness (QED) is 0.471. The van der Waals surface area contributed by atoms with Gasteiger partial charge in [-0.3, -0.25) is 4.79 Å². The highest BCUT2D eigenvalue weighted by Gasteiger charge is 2.59. The lowest BCUT2D eigenvalue weighted by atomic mass is 9.45. The molecule has 5 nitrogen and oxygen atoms in total. The van der Waals surface area contributed by atoms with Gasteiger partial charge in [0.05, 0.1) is 0 Å². The molecule has 4 aliphatic carbocycles. The Morgan fingerprint density at radius 1 is 0.970 bits per heavy atom. The van der Waals surface area contributed by atoms with E-state index in [4.69, 9.17) is 14.3 Å². The van der Waals surface area contributed by atoms with Crippen molar-refractivity contribution in [1.29, 1.82) is 0 Å². The number of aromatic nitrogens is 2. The minimum Gasteiger partial charge on any atom is -0.483 e. The van der Waals surface area contributed by atoms with Gasteiger partial charge < -0.3 is 9.52 Å². The van der Waals surface area contributed by atoms with E-state index in [9.17, 15) is 0 Å². The standard InChI is InChI=1S/C25H40N2O.C2H6.CH2O2/c1-17-26-27-23(28-17)9-6-8-19-11-13-21-20-12-10-18-7-4-5-15-24(18,2)22(20)14-16-25(19,21)3;1-2;2-1-3/h18-22H,4-16H2,1-3H3;1-2H3;1H,(H,2,3). The first-order chi connectivity index (χ1) is 15.9. The summed E-state index contributed by atoms with van der Waals surface area (Å²) in [5.74, 6) is 6.56. The van der Waals surface area contributed by atoms with Crippen molar-refractivity contribution in [3.05, 3.63) is 11.8 Å². The van der Waals surface area contributed by atoms with Gasteiger partial charge in [0, 0.05) is 13.3 Å². The van der Waals surface area contributed by atoms with E-state index in [0.29, 0.717) is 16.7 Å². The highest BCUT2D eigenvalue weighted by Crippen LogP contribution is 2.67. The molecule has 7 unspecified atom stereocenters. The molecule has 1 N–H and O–H groups in total. The predicted molar refractivity (Wildman–Crippen MR) is 132 cm³/mol. The molecule has 4 saturated carbocycles. The Bertz CT molecular complexity index is 749. The summed E-state index contributed by atoms with van der Waals surface area (Å²) >= 11 is 0. The van der Waals surface area contributed by atoms with Gasteiger partial charge in [-0.25, -0.2) is 0 Å². The maximum atomic E-state index is 8.36. The Labute approximate surface area is 201 Å². The molecule has 5 heteroatoms. The first-order valence-corrected chi connectivity index (χ1v) is 13.8. The second-order valence-corrected chi connectivity index (χ2v) is 11.4. The van der Waals surface area contributed by atoms with Crippen LogP contribution in [0.2, 0.25) is 0 Å². The van der Waals surface area contributed by atoms with Crippen molar-refractivity contribution >= 4 is 6.47 Å². The Kier molecular flexibility index (Phi) is 9.02. The van der Waals surface area contributed by atoms with Crippen LogP contribution >= 0.6 is 0 Å². The van der Waals surface area contributed by atoms with Crippen molar-refractivity contribution in [1.82, 2.24) is 10.2 Å². The number of aryl methyl sites for hydroxylation is 2. The van der Waals surface area contributed by atoms with Crippen LogP contribution in [0.5, 0.6) is 0 Å². The minimum absolute atomic E-state index is 0.250. The highest BCUT2D eigenvalue weighted by atomic mass is 16.4. The first-order valence-electron chi connectivity index (χ1n) is 13.8. The van der Waals surface area contributed by atoms with Crippen LogP contribution in [0, 0.1) is 47.3 Å². The lowest BCUT2D eigenvalue weighted by Gasteiger charge is -2.60.